The minimum Gasteiger partial charge on any atom is -0.324 e. The van der Waals surface area contributed by atoms with E-state index in [9.17, 15) is 14.4 Å². The van der Waals surface area contributed by atoms with Crippen LogP contribution in [-0.2, 0) is 19.9 Å². The van der Waals surface area contributed by atoms with Gasteiger partial charge in [0, 0.05) is 27.8 Å². The summed E-state index contributed by atoms with van der Waals surface area (Å²) in [6.45, 7) is 3.86. The van der Waals surface area contributed by atoms with Crippen LogP contribution in [-0.4, -0.2) is 46.7 Å². The molecule has 2 saturated heterocycles. The van der Waals surface area contributed by atoms with Crippen molar-refractivity contribution >= 4 is 51.1 Å². The number of nitrogens with one attached hydrogen (secondary N) is 2. The molecule has 3 aliphatic rings. The molecule has 2 fully saturated rings. The lowest BCUT2D eigenvalue weighted by Crippen LogP contribution is -2.54. The van der Waals surface area contributed by atoms with Gasteiger partial charge < -0.3 is 5.32 Å². The van der Waals surface area contributed by atoms with E-state index >= 15 is 0 Å². The first-order chi connectivity index (χ1) is 13.4. The Bertz CT molecular complexity index is 863. The minimum absolute atomic E-state index is 0.143. The quantitative estimate of drug-likeness (QED) is 0.653. The molecular formula is C20H24BrN3O3S. The van der Waals surface area contributed by atoms with Crippen molar-refractivity contribution in [3.63, 3.8) is 0 Å². The zero-order valence-corrected chi connectivity index (χ0v) is 18.5. The molecule has 8 heteroatoms. The third-order valence-electron chi connectivity index (χ3n) is 6.38. The van der Waals surface area contributed by atoms with E-state index in [-0.39, 0.29) is 29.8 Å². The first kappa shape index (κ1) is 19.9. The van der Waals surface area contributed by atoms with Crippen molar-refractivity contribution in [1.82, 2.24) is 10.2 Å². The average Bonchev–Trinajstić information content (AvgIpc) is 3.25. The van der Waals surface area contributed by atoms with Gasteiger partial charge in [-0.05, 0) is 50.0 Å². The number of amides is 3. The predicted octanol–water partition coefficient (Wildman–Crippen LogP) is 2.72. The summed E-state index contributed by atoms with van der Waals surface area (Å²) >= 11 is 5.18. The number of fused-ring (bicyclic) bond motifs is 4. The Morgan fingerprint density at radius 3 is 2.71 bits per heavy atom. The monoisotopic (exact) mass is 465 g/mol. The summed E-state index contributed by atoms with van der Waals surface area (Å²) in [6, 6.07) is 5.21. The number of likely N-dealkylation sites (tertiary alicyclic amines) is 1. The molecule has 0 aromatic heterocycles. The van der Waals surface area contributed by atoms with E-state index in [0.717, 1.165) is 22.2 Å². The number of imide groups is 1. The van der Waals surface area contributed by atoms with E-state index in [1.165, 1.54) is 4.90 Å². The maximum absolute atomic E-state index is 13.5. The van der Waals surface area contributed by atoms with Gasteiger partial charge >= 0.3 is 0 Å². The molecule has 0 radical (unpaired) electrons. The zero-order chi connectivity index (χ0) is 20.2. The number of hydrogen-bond acceptors (Lipinski definition) is 5. The second kappa shape index (κ2) is 7.15. The van der Waals surface area contributed by atoms with Gasteiger partial charge in [0.1, 0.15) is 5.54 Å². The Morgan fingerprint density at radius 1 is 1.29 bits per heavy atom. The van der Waals surface area contributed by atoms with Crippen molar-refractivity contribution in [1.29, 1.82) is 0 Å². The molecule has 1 spiro atoms. The van der Waals surface area contributed by atoms with Crippen molar-refractivity contribution in [3.8, 4) is 0 Å². The number of thioether (sulfide) groups is 1. The van der Waals surface area contributed by atoms with Crippen molar-refractivity contribution in [3.05, 3.63) is 28.2 Å². The molecule has 0 bridgehead atoms. The lowest BCUT2D eigenvalue weighted by Gasteiger charge is -2.31. The van der Waals surface area contributed by atoms with Crippen LogP contribution in [0.4, 0.5) is 5.69 Å². The van der Waals surface area contributed by atoms with Crippen LogP contribution in [0.2, 0.25) is 0 Å². The van der Waals surface area contributed by atoms with E-state index in [4.69, 9.17) is 0 Å². The molecule has 1 aromatic carbocycles. The normalized spacial score (nSPS) is 32.1. The number of nitrogens with zero attached hydrogens (tertiary/aromatic N) is 1. The van der Waals surface area contributed by atoms with Crippen LogP contribution < -0.4 is 10.6 Å². The second-order valence-corrected chi connectivity index (χ2v) is 9.69. The largest absolute Gasteiger partial charge is 0.324 e. The fourth-order valence-corrected chi connectivity index (χ4v) is 5.76. The number of halogens is 1. The third-order valence-corrected chi connectivity index (χ3v) is 7.51. The van der Waals surface area contributed by atoms with E-state index in [2.05, 4.69) is 26.6 Å². The fraction of sp³-hybridized carbons (Fsp3) is 0.550. The van der Waals surface area contributed by atoms with E-state index in [1.54, 1.807) is 11.8 Å². The summed E-state index contributed by atoms with van der Waals surface area (Å²) < 4.78 is 0.837. The molecule has 28 heavy (non-hydrogen) atoms. The Balaban J connectivity index is 1.86. The van der Waals surface area contributed by atoms with Crippen molar-refractivity contribution in [2.45, 2.75) is 44.3 Å². The number of anilines is 1. The summed E-state index contributed by atoms with van der Waals surface area (Å²) in [4.78, 5) is 41.5. The summed E-state index contributed by atoms with van der Waals surface area (Å²) in [5.41, 5.74) is 0.259. The standard InChI is InChI=1S/C20H24BrN3O3S/c1-4-10(2)24-17(25)15-14(7-8-28-3)23-20(16(15)18(24)26)12-9-11(21)5-6-13(12)22-19(20)27/h5-6,9-10,14-16,23H,4,7-8H2,1-3H3,(H,22,27)/t10-,14+,15-,16+,20+/m1/s1. The SMILES string of the molecule is CC[C@@H](C)N1C(=O)[C@@H]2[C@H](CCSC)N[C@]3(C(=O)Nc4ccc(Br)cc43)[C@@H]2C1=O. The first-order valence-corrected chi connectivity index (χ1v) is 11.8. The molecule has 0 unspecified atom stereocenters. The van der Waals surface area contributed by atoms with Gasteiger partial charge in [-0.2, -0.15) is 11.8 Å². The second-order valence-electron chi connectivity index (χ2n) is 7.79. The van der Waals surface area contributed by atoms with Crippen LogP contribution >= 0.6 is 27.7 Å². The van der Waals surface area contributed by atoms with Crippen LogP contribution in [0.3, 0.4) is 0 Å². The smallest absolute Gasteiger partial charge is 0.250 e. The van der Waals surface area contributed by atoms with Gasteiger partial charge in [0.2, 0.25) is 17.7 Å². The van der Waals surface area contributed by atoms with Gasteiger partial charge in [0.15, 0.2) is 0 Å². The molecule has 3 aliphatic heterocycles. The summed E-state index contributed by atoms with van der Waals surface area (Å²) in [5, 5.41) is 6.39. The Kier molecular flexibility index (Phi) is 5.08. The van der Waals surface area contributed by atoms with Gasteiger partial charge in [-0.1, -0.05) is 22.9 Å². The lowest BCUT2D eigenvalue weighted by molar-refractivity contribution is -0.145. The zero-order valence-electron chi connectivity index (χ0n) is 16.1. The fourth-order valence-electron chi connectivity index (χ4n) is 4.91. The number of carbonyl (C=O) groups excluding carboxylic acids is 3. The van der Waals surface area contributed by atoms with Gasteiger partial charge in [-0.15, -0.1) is 0 Å². The molecule has 1 aromatic rings. The van der Waals surface area contributed by atoms with Crippen LogP contribution in [0.5, 0.6) is 0 Å². The van der Waals surface area contributed by atoms with Crippen LogP contribution in [0.1, 0.15) is 32.3 Å². The third kappa shape index (κ3) is 2.60. The highest BCUT2D eigenvalue weighted by atomic mass is 79.9. The average molecular weight is 466 g/mol. The molecule has 0 aliphatic carbocycles. The van der Waals surface area contributed by atoms with Crippen molar-refractivity contribution in [2.75, 3.05) is 17.3 Å². The van der Waals surface area contributed by atoms with E-state index in [0.29, 0.717) is 12.1 Å². The van der Waals surface area contributed by atoms with Gasteiger partial charge in [0.05, 0.1) is 11.8 Å². The van der Waals surface area contributed by atoms with E-state index in [1.807, 2.05) is 38.3 Å². The highest BCUT2D eigenvalue weighted by Gasteiger charge is 2.70. The molecule has 5 atom stereocenters. The summed E-state index contributed by atoms with van der Waals surface area (Å²) in [7, 11) is 0. The summed E-state index contributed by atoms with van der Waals surface area (Å²) in [5.74, 6) is -0.980. The topological polar surface area (TPSA) is 78.5 Å². The lowest BCUT2D eigenvalue weighted by atomic mass is 9.76. The molecule has 3 amide bonds. The maximum Gasteiger partial charge on any atom is 0.250 e. The summed E-state index contributed by atoms with van der Waals surface area (Å²) in [6.07, 6.45) is 3.44. The van der Waals surface area contributed by atoms with Crippen LogP contribution in [0.25, 0.3) is 0 Å². The Hall–Kier alpha value is -1.38. The molecule has 6 nitrogen and oxygen atoms in total. The van der Waals surface area contributed by atoms with Gasteiger partial charge in [0.25, 0.3) is 0 Å². The first-order valence-electron chi connectivity index (χ1n) is 9.61. The molecule has 3 heterocycles. The maximum atomic E-state index is 13.5. The van der Waals surface area contributed by atoms with Gasteiger partial charge in [-0.25, -0.2) is 0 Å². The van der Waals surface area contributed by atoms with Gasteiger partial charge in [-0.3, -0.25) is 24.6 Å². The molecule has 4 rings (SSSR count). The Morgan fingerprint density at radius 2 is 2.04 bits per heavy atom. The number of hydrogen-bond donors (Lipinski definition) is 2. The van der Waals surface area contributed by atoms with Crippen molar-refractivity contribution < 1.29 is 14.4 Å². The van der Waals surface area contributed by atoms with E-state index < -0.39 is 17.4 Å². The molecule has 0 saturated carbocycles. The molecule has 2 N–H and O–H groups in total. The van der Waals surface area contributed by atoms with Crippen LogP contribution in [0, 0.1) is 11.8 Å². The minimum atomic E-state index is -1.19. The number of benzene rings is 1. The number of rotatable bonds is 5. The highest BCUT2D eigenvalue weighted by molar-refractivity contribution is 9.10. The van der Waals surface area contributed by atoms with Crippen molar-refractivity contribution in [2.24, 2.45) is 11.8 Å². The number of carbonyl (C=O) groups is 3. The van der Waals surface area contributed by atoms with Crippen LogP contribution in [0.15, 0.2) is 22.7 Å². The molecule has 150 valence electrons. The highest BCUT2D eigenvalue weighted by Crippen LogP contribution is 2.54. The predicted molar refractivity (Wildman–Crippen MR) is 113 cm³/mol. The molecular weight excluding hydrogens is 442 g/mol. The Labute approximate surface area is 177 Å².